The summed E-state index contributed by atoms with van der Waals surface area (Å²) < 4.78 is 0. The molecule has 0 atom stereocenters. The Kier molecular flexibility index (Phi) is 3.09. The van der Waals surface area contributed by atoms with Crippen LogP contribution in [0, 0.1) is 11.8 Å². The van der Waals surface area contributed by atoms with E-state index in [1.165, 1.54) is 30.4 Å². The van der Waals surface area contributed by atoms with Gasteiger partial charge in [-0.15, -0.1) is 0 Å². The molecule has 0 unspecified atom stereocenters. The number of rotatable bonds is 0. The van der Waals surface area contributed by atoms with E-state index in [-0.39, 0.29) is 0 Å². The molecule has 1 aliphatic rings. The van der Waals surface area contributed by atoms with Crippen LogP contribution in [0.3, 0.4) is 0 Å². The molecule has 0 bridgehead atoms. The molecule has 0 spiro atoms. The zero-order valence-electron chi connectivity index (χ0n) is 10.0. The summed E-state index contributed by atoms with van der Waals surface area (Å²) in [5, 5.41) is 0.714. The molecule has 1 heteroatoms. The van der Waals surface area contributed by atoms with E-state index in [0.717, 1.165) is 11.1 Å². The first kappa shape index (κ1) is 11.4. The molecule has 0 radical (unpaired) electrons. The summed E-state index contributed by atoms with van der Waals surface area (Å²) in [6.07, 6.45) is 3.68. The van der Waals surface area contributed by atoms with E-state index in [1.807, 2.05) is 24.3 Å². The van der Waals surface area contributed by atoms with Crippen LogP contribution < -0.4 is 0 Å². The highest BCUT2D eigenvalue weighted by molar-refractivity contribution is 6.31. The van der Waals surface area contributed by atoms with Gasteiger partial charge in [-0.05, 0) is 54.7 Å². The topological polar surface area (TPSA) is 0 Å². The van der Waals surface area contributed by atoms with E-state index in [0.29, 0.717) is 5.02 Å². The van der Waals surface area contributed by atoms with Gasteiger partial charge >= 0.3 is 0 Å². The van der Waals surface area contributed by atoms with Crippen molar-refractivity contribution in [2.75, 3.05) is 0 Å². The Bertz CT molecular complexity index is 644. The van der Waals surface area contributed by atoms with Crippen molar-refractivity contribution in [3.8, 4) is 11.8 Å². The standard InChI is InChI=1S/C17H13Cl/c18-17-7-2-1-4-15(17)11-9-13-8-10-14-5-3-6-16(14)12-13/h1-2,4,7-8,10,12H,3,5-6H2. The van der Waals surface area contributed by atoms with Crippen LogP contribution in [0.25, 0.3) is 0 Å². The molecular formula is C17H13Cl. The Morgan fingerprint density at radius 3 is 2.61 bits per heavy atom. The quantitative estimate of drug-likeness (QED) is 0.616. The van der Waals surface area contributed by atoms with Gasteiger partial charge in [-0.1, -0.05) is 41.6 Å². The molecule has 0 amide bonds. The monoisotopic (exact) mass is 252 g/mol. The zero-order chi connectivity index (χ0) is 12.4. The third-order valence-electron chi connectivity index (χ3n) is 3.31. The maximum absolute atomic E-state index is 6.08. The van der Waals surface area contributed by atoms with Crippen LogP contribution in [-0.2, 0) is 12.8 Å². The molecule has 0 fully saturated rings. The van der Waals surface area contributed by atoms with Crippen LogP contribution in [0.1, 0.15) is 28.7 Å². The van der Waals surface area contributed by atoms with Crippen LogP contribution in [0.2, 0.25) is 5.02 Å². The largest absolute Gasteiger partial charge is 0.0830 e. The SMILES string of the molecule is Clc1ccccc1C#Cc1ccc2c(c1)CCC2. The summed E-state index contributed by atoms with van der Waals surface area (Å²) in [5.41, 5.74) is 4.91. The lowest BCUT2D eigenvalue weighted by molar-refractivity contribution is 0.912. The molecule has 0 nitrogen and oxygen atoms in total. The molecule has 0 N–H and O–H groups in total. The fourth-order valence-electron chi connectivity index (χ4n) is 2.35. The average molecular weight is 253 g/mol. The third-order valence-corrected chi connectivity index (χ3v) is 3.64. The molecule has 2 aromatic carbocycles. The Balaban J connectivity index is 1.92. The number of benzene rings is 2. The first-order chi connectivity index (χ1) is 8.83. The maximum atomic E-state index is 6.08. The normalized spacial score (nSPS) is 12.7. The number of aryl methyl sites for hydroxylation is 2. The molecule has 3 rings (SSSR count). The fourth-order valence-corrected chi connectivity index (χ4v) is 2.53. The first-order valence-electron chi connectivity index (χ1n) is 6.21. The van der Waals surface area contributed by atoms with Gasteiger partial charge in [-0.3, -0.25) is 0 Å². The van der Waals surface area contributed by atoms with Gasteiger partial charge in [0.25, 0.3) is 0 Å². The van der Waals surface area contributed by atoms with Crippen molar-refractivity contribution < 1.29 is 0 Å². The Morgan fingerprint density at radius 1 is 0.889 bits per heavy atom. The Hall–Kier alpha value is -1.71. The minimum atomic E-state index is 0.714. The summed E-state index contributed by atoms with van der Waals surface area (Å²) in [6.45, 7) is 0. The lowest BCUT2D eigenvalue weighted by Crippen LogP contribution is -1.84. The molecule has 0 heterocycles. The van der Waals surface area contributed by atoms with Crippen LogP contribution in [0.5, 0.6) is 0 Å². The van der Waals surface area contributed by atoms with Crippen molar-refractivity contribution in [3.05, 3.63) is 69.7 Å². The molecule has 0 aromatic heterocycles. The molecule has 18 heavy (non-hydrogen) atoms. The van der Waals surface area contributed by atoms with Gasteiger partial charge in [0.05, 0.1) is 5.02 Å². The number of fused-ring (bicyclic) bond motifs is 1. The number of hydrogen-bond acceptors (Lipinski definition) is 0. The van der Waals surface area contributed by atoms with Crippen molar-refractivity contribution in [3.63, 3.8) is 0 Å². The maximum Gasteiger partial charge on any atom is 0.0562 e. The highest BCUT2D eigenvalue weighted by atomic mass is 35.5. The van der Waals surface area contributed by atoms with Crippen LogP contribution >= 0.6 is 11.6 Å². The summed E-state index contributed by atoms with van der Waals surface area (Å²) in [7, 11) is 0. The second-order valence-corrected chi connectivity index (χ2v) is 4.97. The van der Waals surface area contributed by atoms with E-state index in [4.69, 9.17) is 11.6 Å². The van der Waals surface area contributed by atoms with Gasteiger partial charge in [-0.2, -0.15) is 0 Å². The third kappa shape index (κ3) is 2.28. The van der Waals surface area contributed by atoms with Crippen LogP contribution in [0.15, 0.2) is 42.5 Å². The van der Waals surface area contributed by atoms with Crippen molar-refractivity contribution in [2.45, 2.75) is 19.3 Å². The molecule has 0 aliphatic heterocycles. The van der Waals surface area contributed by atoms with E-state index in [9.17, 15) is 0 Å². The predicted octanol–water partition coefficient (Wildman–Crippen LogP) is 4.23. The van der Waals surface area contributed by atoms with Gasteiger partial charge in [0.1, 0.15) is 0 Å². The van der Waals surface area contributed by atoms with Crippen molar-refractivity contribution >= 4 is 11.6 Å². The summed E-state index contributed by atoms with van der Waals surface area (Å²) >= 11 is 6.08. The molecule has 88 valence electrons. The summed E-state index contributed by atoms with van der Waals surface area (Å²) in [5.74, 6) is 6.34. The second kappa shape index (κ2) is 4.88. The van der Waals surface area contributed by atoms with Gasteiger partial charge in [0.15, 0.2) is 0 Å². The van der Waals surface area contributed by atoms with Crippen molar-refractivity contribution in [1.82, 2.24) is 0 Å². The Labute approximate surface area is 113 Å². The minimum absolute atomic E-state index is 0.714. The van der Waals surface area contributed by atoms with Gasteiger partial charge < -0.3 is 0 Å². The van der Waals surface area contributed by atoms with Gasteiger partial charge in [-0.25, -0.2) is 0 Å². The lowest BCUT2D eigenvalue weighted by Gasteiger charge is -1.98. The predicted molar refractivity (Wildman–Crippen MR) is 75.9 cm³/mol. The smallest absolute Gasteiger partial charge is 0.0562 e. The Morgan fingerprint density at radius 2 is 1.72 bits per heavy atom. The van der Waals surface area contributed by atoms with Crippen molar-refractivity contribution in [1.29, 1.82) is 0 Å². The average Bonchev–Trinajstić information content (AvgIpc) is 2.85. The molecule has 2 aromatic rings. The number of hydrogen-bond donors (Lipinski definition) is 0. The van der Waals surface area contributed by atoms with E-state index >= 15 is 0 Å². The lowest BCUT2D eigenvalue weighted by atomic mass is 10.1. The van der Waals surface area contributed by atoms with Crippen molar-refractivity contribution in [2.24, 2.45) is 0 Å². The van der Waals surface area contributed by atoms with Gasteiger partial charge in [0, 0.05) is 11.1 Å². The van der Waals surface area contributed by atoms with Crippen LogP contribution in [-0.4, -0.2) is 0 Å². The summed E-state index contributed by atoms with van der Waals surface area (Å²) in [4.78, 5) is 0. The first-order valence-corrected chi connectivity index (χ1v) is 6.59. The molecule has 0 saturated carbocycles. The highest BCUT2D eigenvalue weighted by Crippen LogP contribution is 2.22. The van der Waals surface area contributed by atoms with Crippen LogP contribution in [0.4, 0.5) is 0 Å². The fraction of sp³-hybridized carbons (Fsp3) is 0.176. The summed E-state index contributed by atoms with van der Waals surface area (Å²) in [6, 6.07) is 14.2. The van der Waals surface area contributed by atoms with E-state index in [1.54, 1.807) is 0 Å². The molecule has 1 aliphatic carbocycles. The molecule has 0 saturated heterocycles. The minimum Gasteiger partial charge on any atom is -0.0830 e. The van der Waals surface area contributed by atoms with E-state index in [2.05, 4.69) is 30.0 Å². The highest BCUT2D eigenvalue weighted by Gasteiger charge is 2.09. The number of halogens is 1. The van der Waals surface area contributed by atoms with E-state index < -0.39 is 0 Å². The van der Waals surface area contributed by atoms with Gasteiger partial charge in [0.2, 0.25) is 0 Å². The molecular weight excluding hydrogens is 240 g/mol. The zero-order valence-corrected chi connectivity index (χ0v) is 10.8. The second-order valence-electron chi connectivity index (χ2n) is 4.57.